The largest absolute Gasteiger partial charge is 0.265 e. The standard InChI is InChI=1S/C27H21N3Si/c1-4-10-23(11-5-1)31(24-12-6-2-7-13-24,25-14-8-3-9-15-25)27-21-29-20-26(30-27)22-16-18-28-19-17-22/h1-21H. The Bertz CT molecular complexity index is 1160. The van der Waals surface area contributed by atoms with Crippen LogP contribution in [0, 0.1) is 0 Å². The lowest BCUT2D eigenvalue weighted by Gasteiger charge is -2.33. The molecule has 5 aromatic rings. The second-order valence-electron chi connectivity index (χ2n) is 7.37. The predicted octanol–water partition coefficient (Wildman–Crippen LogP) is 2.92. The molecule has 3 nitrogen and oxygen atoms in total. The van der Waals surface area contributed by atoms with Gasteiger partial charge >= 0.3 is 0 Å². The average molecular weight is 416 g/mol. The molecule has 0 saturated carbocycles. The second-order valence-corrected chi connectivity index (χ2v) is 11.1. The van der Waals surface area contributed by atoms with Crippen molar-refractivity contribution in [2.75, 3.05) is 0 Å². The van der Waals surface area contributed by atoms with Crippen molar-refractivity contribution >= 4 is 29.0 Å². The van der Waals surface area contributed by atoms with Crippen LogP contribution in [-0.4, -0.2) is 23.0 Å². The summed E-state index contributed by atoms with van der Waals surface area (Å²) in [6.45, 7) is 0. The van der Waals surface area contributed by atoms with Gasteiger partial charge in [0.2, 0.25) is 8.07 Å². The van der Waals surface area contributed by atoms with Crippen LogP contribution in [-0.2, 0) is 0 Å². The number of hydrogen-bond donors (Lipinski definition) is 0. The average Bonchev–Trinajstić information content (AvgIpc) is 2.87. The number of pyridine rings is 1. The summed E-state index contributed by atoms with van der Waals surface area (Å²) in [4.78, 5) is 14.0. The number of aromatic nitrogens is 3. The Kier molecular flexibility index (Phi) is 5.21. The molecule has 0 aliphatic carbocycles. The molecular weight excluding hydrogens is 394 g/mol. The summed E-state index contributed by atoms with van der Waals surface area (Å²) in [5.41, 5.74) is 1.88. The van der Waals surface area contributed by atoms with Gasteiger partial charge in [-0.05, 0) is 27.7 Å². The van der Waals surface area contributed by atoms with E-state index in [4.69, 9.17) is 4.98 Å². The Morgan fingerprint density at radius 3 is 1.45 bits per heavy atom. The molecule has 31 heavy (non-hydrogen) atoms. The van der Waals surface area contributed by atoms with Crippen LogP contribution in [0.1, 0.15) is 0 Å². The maximum absolute atomic E-state index is 5.22. The van der Waals surface area contributed by atoms with Crippen molar-refractivity contribution in [3.05, 3.63) is 128 Å². The summed E-state index contributed by atoms with van der Waals surface area (Å²) < 4.78 is 0. The molecule has 0 fully saturated rings. The van der Waals surface area contributed by atoms with E-state index in [1.54, 1.807) is 12.4 Å². The molecule has 148 valence electrons. The van der Waals surface area contributed by atoms with Crippen LogP contribution in [0.25, 0.3) is 11.3 Å². The lowest BCUT2D eigenvalue weighted by molar-refractivity contribution is 1.23. The smallest absolute Gasteiger partial charge is 0.203 e. The van der Waals surface area contributed by atoms with Gasteiger partial charge < -0.3 is 0 Å². The highest BCUT2D eigenvalue weighted by molar-refractivity contribution is 7.19. The first-order valence-electron chi connectivity index (χ1n) is 10.3. The lowest BCUT2D eigenvalue weighted by atomic mass is 10.2. The van der Waals surface area contributed by atoms with Crippen LogP contribution in [0.15, 0.2) is 128 Å². The fourth-order valence-electron chi connectivity index (χ4n) is 4.22. The van der Waals surface area contributed by atoms with E-state index in [2.05, 4.69) is 101 Å². The maximum atomic E-state index is 5.22. The van der Waals surface area contributed by atoms with Crippen molar-refractivity contribution < 1.29 is 0 Å². The van der Waals surface area contributed by atoms with Crippen LogP contribution in [0.4, 0.5) is 0 Å². The fraction of sp³-hybridized carbons (Fsp3) is 0. The van der Waals surface area contributed by atoms with Gasteiger partial charge in [0.25, 0.3) is 0 Å². The van der Waals surface area contributed by atoms with Gasteiger partial charge in [-0.3, -0.25) is 15.0 Å². The second kappa shape index (κ2) is 8.46. The summed E-state index contributed by atoms with van der Waals surface area (Å²) in [6.07, 6.45) is 7.36. The van der Waals surface area contributed by atoms with Crippen molar-refractivity contribution in [3.63, 3.8) is 0 Å². The van der Waals surface area contributed by atoms with Crippen molar-refractivity contribution in [1.82, 2.24) is 15.0 Å². The highest BCUT2D eigenvalue weighted by Crippen LogP contribution is 2.15. The van der Waals surface area contributed by atoms with Crippen molar-refractivity contribution in [1.29, 1.82) is 0 Å². The van der Waals surface area contributed by atoms with E-state index in [-0.39, 0.29) is 0 Å². The van der Waals surface area contributed by atoms with Gasteiger partial charge in [-0.25, -0.2) is 0 Å². The molecule has 0 amide bonds. The van der Waals surface area contributed by atoms with Gasteiger partial charge in [0.1, 0.15) is 0 Å². The first kappa shape index (κ1) is 19.1. The van der Waals surface area contributed by atoms with Gasteiger partial charge in [0.05, 0.1) is 17.2 Å². The molecule has 0 aliphatic heterocycles. The first-order chi connectivity index (χ1) is 15.4. The molecule has 0 bridgehead atoms. The predicted molar refractivity (Wildman–Crippen MR) is 129 cm³/mol. The van der Waals surface area contributed by atoms with Crippen molar-refractivity contribution in [2.45, 2.75) is 0 Å². The van der Waals surface area contributed by atoms with Gasteiger partial charge in [0, 0.05) is 24.2 Å². The number of rotatable bonds is 5. The van der Waals surface area contributed by atoms with Gasteiger partial charge in [-0.15, -0.1) is 0 Å². The third-order valence-electron chi connectivity index (χ3n) is 5.62. The minimum Gasteiger partial charge on any atom is -0.265 e. The zero-order valence-electron chi connectivity index (χ0n) is 17.0. The normalized spacial score (nSPS) is 11.2. The van der Waals surface area contributed by atoms with E-state index in [0.717, 1.165) is 16.6 Å². The Morgan fingerprint density at radius 1 is 0.484 bits per heavy atom. The molecule has 0 aliphatic rings. The highest BCUT2D eigenvalue weighted by atomic mass is 28.3. The van der Waals surface area contributed by atoms with E-state index in [1.807, 2.05) is 24.5 Å². The lowest BCUT2D eigenvalue weighted by Crippen LogP contribution is -2.75. The molecule has 5 rings (SSSR count). The number of hydrogen-bond acceptors (Lipinski definition) is 3. The Balaban J connectivity index is 1.85. The molecule has 0 spiro atoms. The number of nitrogens with zero attached hydrogens (tertiary/aromatic N) is 3. The minimum absolute atomic E-state index is 0.861. The Hall–Kier alpha value is -3.89. The summed E-state index contributed by atoms with van der Waals surface area (Å²) in [7, 11) is -2.65. The van der Waals surface area contributed by atoms with Gasteiger partial charge in [-0.1, -0.05) is 91.0 Å². The maximum Gasteiger partial charge on any atom is 0.203 e. The van der Waals surface area contributed by atoms with E-state index < -0.39 is 8.07 Å². The van der Waals surface area contributed by atoms with Crippen LogP contribution >= 0.6 is 0 Å². The molecule has 0 radical (unpaired) electrons. The zero-order valence-corrected chi connectivity index (χ0v) is 18.0. The van der Waals surface area contributed by atoms with Crippen LogP contribution in [0.2, 0.25) is 0 Å². The van der Waals surface area contributed by atoms with Gasteiger partial charge in [-0.2, -0.15) is 0 Å². The van der Waals surface area contributed by atoms with Crippen molar-refractivity contribution in [2.24, 2.45) is 0 Å². The van der Waals surface area contributed by atoms with Crippen LogP contribution in [0.5, 0.6) is 0 Å². The Morgan fingerprint density at radius 2 is 0.968 bits per heavy atom. The number of benzene rings is 3. The summed E-state index contributed by atoms with van der Waals surface area (Å²) >= 11 is 0. The molecule has 0 unspecified atom stereocenters. The third kappa shape index (κ3) is 3.47. The molecule has 2 aromatic heterocycles. The molecule has 0 saturated heterocycles. The molecule has 0 atom stereocenters. The fourth-order valence-corrected chi connectivity index (χ4v) is 8.74. The molecular formula is C27H21N3Si. The van der Waals surface area contributed by atoms with Gasteiger partial charge in [0.15, 0.2) is 0 Å². The minimum atomic E-state index is -2.65. The third-order valence-corrected chi connectivity index (χ3v) is 10.2. The summed E-state index contributed by atoms with van der Waals surface area (Å²) in [5.74, 6) is 0. The monoisotopic (exact) mass is 415 g/mol. The van der Waals surface area contributed by atoms with Crippen molar-refractivity contribution in [3.8, 4) is 11.3 Å². The topological polar surface area (TPSA) is 38.7 Å². The van der Waals surface area contributed by atoms with E-state index in [0.29, 0.717) is 0 Å². The molecule has 4 heteroatoms. The summed E-state index contributed by atoms with van der Waals surface area (Å²) in [6, 6.07) is 36.2. The van der Waals surface area contributed by atoms with E-state index in [9.17, 15) is 0 Å². The van der Waals surface area contributed by atoms with E-state index >= 15 is 0 Å². The first-order valence-corrected chi connectivity index (χ1v) is 12.3. The van der Waals surface area contributed by atoms with E-state index in [1.165, 1.54) is 15.6 Å². The Labute approximate surface area is 183 Å². The molecule has 2 heterocycles. The molecule has 3 aromatic carbocycles. The quantitative estimate of drug-likeness (QED) is 0.327. The summed E-state index contributed by atoms with van der Waals surface area (Å²) in [5, 5.41) is 4.88. The van der Waals surface area contributed by atoms with Crippen LogP contribution in [0.3, 0.4) is 0 Å². The van der Waals surface area contributed by atoms with Crippen LogP contribution < -0.4 is 20.9 Å². The molecule has 0 N–H and O–H groups in total. The SMILES string of the molecule is c1ccc([Si](c2ccccc2)(c2ccccc2)c2cncc(-c3ccncc3)n2)cc1. The zero-order chi connectivity index (χ0) is 20.9. The highest BCUT2D eigenvalue weighted by Gasteiger charge is 2.43.